The maximum Gasteiger partial charge on any atom is 0.341 e. The fourth-order valence-corrected chi connectivity index (χ4v) is 7.00. The van der Waals surface area contributed by atoms with Crippen molar-refractivity contribution in [3.05, 3.63) is 57.7 Å². The summed E-state index contributed by atoms with van der Waals surface area (Å²) in [4.78, 5) is 26.7. The maximum absolute atomic E-state index is 12.9. The van der Waals surface area contributed by atoms with Crippen molar-refractivity contribution in [3.8, 4) is 0 Å². The van der Waals surface area contributed by atoms with Crippen LogP contribution in [-0.4, -0.2) is 39.0 Å². The van der Waals surface area contributed by atoms with E-state index in [0.29, 0.717) is 29.0 Å². The molecule has 9 heteroatoms. The summed E-state index contributed by atoms with van der Waals surface area (Å²) in [5, 5.41) is 13.2. The lowest BCUT2D eigenvalue weighted by Gasteiger charge is -2.12. The van der Waals surface area contributed by atoms with E-state index in [9.17, 15) is 9.59 Å². The monoisotopic (exact) mass is 510 g/mol. The van der Waals surface area contributed by atoms with Crippen LogP contribution in [0.5, 0.6) is 0 Å². The van der Waals surface area contributed by atoms with E-state index in [2.05, 4.69) is 51.3 Å². The largest absolute Gasteiger partial charge is 0.462 e. The van der Waals surface area contributed by atoms with Gasteiger partial charge in [-0.25, -0.2) is 4.79 Å². The SMILES string of the molecule is CCOC(=O)c1c(NC(=O)CSc2nnc(C3CC3c3ccccc3)n2CC)sc2c1CCCC2. The van der Waals surface area contributed by atoms with Crippen molar-refractivity contribution in [3.63, 3.8) is 0 Å². The number of ether oxygens (including phenoxy) is 1. The first-order chi connectivity index (χ1) is 17.1. The molecule has 0 saturated heterocycles. The summed E-state index contributed by atoms with van der Waals surface area (Å²) in [5.41, 5.74) is 2.94. The highest BCUT2D eigenvalue weighted by molar-refractivity contribution is 7.99. The molecule has 5 rings (SSSR count). The molecule has 2 heterocycles. The Labute approximate surface area is 213 Å². The van der Waals surface area contributed by atoms with Gasteiger partial charge in [-0.1, -0.05) is 42.1 Å². The van der Waals surface area contributed by atoms with Crippen molar-refractivity contribution in [2.45, 2.75) is 69.5 Å². The number of thioether (sulfide) groups is 1. The van der Waals surface area contributed by atoms with Crippen molar-refractivity contribution in [2.75, 3.05) is 17.7 Å². The van der Waals surface area contributed by atoms with Gasteiger partial charge in [-0.2, -0.15) is 0 Å². The van der Waals surface area contributed by atoms with Crippen LogP contribution in [0.1, 0.15) is 77.1 Å². The van der Waals surface area contributed by atoms with Crippen LogP contribution in [0.25, 0.3) is 0 Å². The van der Waals surface area contributed by atoms with Crippen LogP contribution < -0.4 is 5.32 Å². The zero-order valence-electron chi connectivity index (χ0n) is 20.1. The van der Waals surface area contributed by atoms with Crippen LogP contribution >= 0.6 is 23.1 Å². The summed E-state index contributed by atoms with van der Waals surface area (Å²) in [7, 11) is 0. The van der Waals surface area contributed by atoms with Gasteiger partial charge in [0.25, 0.3) is 0 Å². The topological polar surface area (TPSA) is 86.1 Å². The zero-order chi connectivity index (χ0) is 24.4. The number of anilines is 1. The van der Waals surface area contributed by atoms with Crippen LogP contribution in [0.3, 0.4) is 0 Å². The Balaban J connectivity index is 1.25. The molecule has 1 saturated carbocycles. The van der Waals surface area contributed by atoms with E-state index in [-0.39, 0.29) is 17.6 Å². The molecule has 0 bridgehead atoms. The number of hydrogen-bond acceptors (Lipinski definition) is 7. The molecular formula is C26H30N4O3S2. The number of rotatable bonds is 9. The average molecular weight is 511 g/mol. The summed E-state index contributed by atoms with van der Waals surface area (Å²) < 4.78 is 7.42. The van der Waals surface area contributed by atoms with Gasteiger partial charge in [0.1, 0.15) is 10.8 Å². The fraction of sp³-hybridized carbons (Fsp3) is 0.462. The number of fused-ring (bicyclic) bond motifs is 1. The highest BCUT2D eigenvalue weighted by Crippen LogP contribution is 2.54. The summed E-state index contributed by atoms with van der Waals surface area (Å²) in [5.74, 6) is 1.56. The number of nitrogens with one attached hydrogen (secondary N) is 1. The number of carbonyl (C=O) groups excluding carboxylic acids is 2. The van der Waals surface area contributed by atoms with E-state index in [1.54, 1.807) is 6.92 Å². The minimum atomic E-state index is -0.345. The molecule has 0 aliphatic heterocycles. The first kappa shape index (κ1) is 24.1. The Hall–Kier alpha value is -2.65. The van der Waals surface area contributed by atoms with E-state index in [1.165, 1.54) is 33.5 Å². The molecule has 1 fully saturated rings. The third-order valence-electron chi connectivity index (χ3n) is 6.65. The third kappa shape index (κ3) is 5.02. The lowest BCUT2D eigenvalue weighted by Crippen LogP contribution is -2.17. The molecule has 7 nitrogen and oxygen atoms in total. The van der Waals surface area contributed by atoms with Crippen molar-refractivity contribution in [1.82, 2.24) is 14.8 Å². The number of aryl methyl sites for hydroxylation is 1. The second-order valence-corrected chi connectivity index (χ2v) is 11.0. The molecule has 1 aromatic carbocycles. The Bertz CT molecular complexity index is 1220. The number of carbonyl (C=O) groups is 2. The van der Waals surface area contributed by atoms with Gasteiger partial charge in [0.15, 0.2) is 5.16 Å². The predicted molar refractivity (Wildman–Crippen MR) is 139 cm³/mol. The summed E-state index contributed by atoms with van der Waals surface area (Å²) in [6.45, 7) is 4.95. The number of thiophene rings is 1. The third-order valence-corrected chi connectivity index (χ3v) is 8.82. The summed E-state index contributed by atoms with van der Waals surface area (Å²) in [6, 6.07) is 10.5. The number of esters is 1. The van der Waals surface area contributed by atoms with Crippen molar-refractivity contribution < 1.29 is 14.3 Å². The summed E-state index contributed by atoms with van der Waals surface area (Å²) >= 11 is 2.90. The maximum atomic E-state index is 12.9. The first-order valence-corrected chi connectivity index (χ1v) is 14.1. The van der Waals surface area contributed by atoms with Crippen LogP contribution in [0.2, 0.25) is 0 Å². The number of hydrogen-bond donors (Lipinski definition) is 1. The van der Waals surface area contributed by atoms with Crippen LogP contribution in [-0.2, 0) is 28.9 Å². The van der Waals surface area contributed by atoms with Crippen LogP contribution in [0.4, 0.5) is 5.00 Å². The normalized spacial score (nSPS) is 18.7. The number of benzene rings is 1. The average Bonchev–Trinajstić information content (AvgIpc) is 3.42. The summed E-state index contributed by atoms with van der Waals surface area (Å²) in [6.07, 6.45) is 5.05. The number of aromatic nitrogens is 3. The molecule has 0 radical (unpaired) electrons. The molecule has 2 aromatic heterocycles. The van der Waals surface area contributed by atoms with E-state index in [4.69, 9.17) is 4.74 Å². The lowest BCUT2D eigenvalue weighted by atomic mass is 9.95. The fourth-order valence-electron chi connectivity index (χ4n) is 4.89. The quantitative estimate of drug-likeness (QED) is 0.306. The molecule has 2 unspecified atom stereocenters. The van der Waals surface area contributed by atoms with Gasteiger partial charge in [-0.3, -0.25) is 4.79 Å². The molecule has 35 heavy (non-hydrogen) atoms. The van der Waals surface area contributed by atoms with Crippen molar-refractivity contribution in [2.24, 2.45) is 0 Å². The van der Waals surface area contributed by atoms with Crippen molar-refractivity contribution >= 4 is 40.0 Å². The van der Waals surface area contributed by atoms with E-state index in [1.807, 2.05) is 6.07 Å². The molecule has 184 valence electrons. The van der Waals surface area contributed by atoms with Crippen LogP contribution in [0.15, 0.2) is 35.5 Å². The van der Waals surface area contributed by atoms with E-state index < -0.39 is 0 Å². The number of nitrogens with zero attached hydrogens (tertiary/aromatic N) is 3. The minimum Gasteiger partial charge on any atom is -0.462 e. The van der Waals surface area contributed by atoms with Gasteiger partial charge in [0, 0.05) is 17.3 Å². The molecule has 2 aliphatic carbocycles. The molecule has 2 atom stereocenters. The molecule has 1 amide bonds. The standard InChI is InChI=1S/C26H30N4O3S2/c1-3-30-23(19-14-18(19)16-10-6-5-7-11-16)28-29-26(30)34-15-21(31)27-24-22(25(32)33-4-2)17-12-8-9-13-20(17)35-24/h5-7,10-11,18-19H,3-4,8-9,12-15H2,1-2H3,(H,27,31). The van der Waals surface area contributed by atoms with Gasteiger partial charge in [0.2, 0.25) is 5.91 Å². The van der Waals surface area contributed by atoms with Crippen molar-refractivity contribution in [1.29, 1.82) is 0 Å². The Morgan fingerprint density at radius 3 is 2.71 bits per heavy atom. The van der Waals surface area contributed by atoms with Gasteiger partial charge in [-0.05, 0) is 63.0 Å². The molecule has 2 aliphatic rings. The number of amides is 1. The molecule has 3 aromatic rings. The van der Waals surface area contributed by atoms with Gasteiger partial charge < -0.3 is 14.6 Å². The Morgan fingerprint density at radius 1 is 1.14 bits per heavy atom. The Morgan fingerprint density at radius 2 is 1.94 bits per heavy atom. The highest BCUT2D eigenvalue weighted by Gasteiger charge is 2.43. The lowest BCUT2D eigenvalue weighted by molar-refractivity contribution is -0.113. The molecule has 1 N–H and O–H groups in total. The molecule has 0 spiro atoms. The van der Waals surface area contributed by atoms with Gasteiger partial charge >= 0.3 is 5.97 Å². The first-order valence-electron chi connectivity index (χ1n) is 12.3. The smallest absolute Gasteiger partial charge is 0.341 e. The second-order valence-electron chi connectivity index (χ2n) is 8.92. The minimum absolute atomic E-state index is 0.153. The predicted octanol–water partition coefficient (Wildman–Crippen LogP) is 5.42. The molecular weight excluding hydrogens is 480 g/mol. The second kappa shape index (κ2) is 10.5. The zero-order valence-corrected chi connectivity index (χ0v) is 21.7. The van der Waals surface area contributed by atoms with E-state index in [0.717, 1.165) is 55.2 Å². The van der Waals surface area contributed by atoms with Gasteiger partial charge in [0.05, 0.1) is 17.9 Å². The van der Waals surface area contributed by atoms with Gasteiger partial charge in [-0.15, -0.1) is 21.5 Å². The highest BCUT2D eigenvalue weighted by atomic mass is 32.2. The Kier molecular flexibility index (Phi) is 7.24. The van der Waals surface area contributed by atoms with Crippen LogP contribution in [0, 0.1) is 0 Å². The van der Waals surface area contributed by atoms with E-state index >= 15 is 0 Å².